The number of thioether (sulfide) groups is 1. The fourth-order valence-corrected chi connectivity index (χ4v) is 3.89. The zero-order chi connectivity index (χ0) is 16.4. The molecule has 0 fully saturated rings. The quantitative estimate of drug-likeness (QED) is 0.811. The molecule has 6 heteroatoms. The van der Waals surface area contributed by atoms with Crippen LogP contribution >= 0.6 is 11.8 Å². The molecule has 2 heterocycles. The molecule has 1 unspecified atom stereocenters. The summed E-state index contributed by atoms with van der Waals surface area (Å²) >= 11 is 1.47. The monoisotopic (exact) mass is 329 g/mol. The SMILES string of the molecule is CCN(C(=O)C1CSc2nccc(=O)n2C1)c1ccccc1C. The van der Waals surface area contributed by atoms with Gasteiger partial charge in [0.15, 0.2) is 5.16 Å². The predicted octanol–water partition coefficient (Wildman–Crippen LogP) is 2.33. The maximum absolute atomic E-state index is 13.0. The topological polar surface area (TPSA) is 55.2 Å². The Morgan fingerprint density at radius 2 is 2.17 bits per heavy atom. The number of carbonyl (C=O) groups is 1. The fourth-order valence-electron chi connectivity index (χ4n) is 2.83. The minimum Gasteiger partial charge on any atom is -0.312 e. The van der Waals surface area contributed by atoms with Crippen molar-refractivity contribution in [3.63, 3.8) is 0 Å². The van der Waals surface area contributed by atoms with Crippen LogP contribution in [0.4, 0.5) is 5.69 Å². The number of benzene rings is 1. The van der Waals surface area contributed by atoms with Gasteiger partial charge in [0.05, 0.1) is 5.92 Å². The fraction of sp³-hybridized carbons (Fsp3) is 0.353. The van der Waals surface area contributed by atoms with Gasteiger partial charge in [-0.25, -0.2) is 4.98 Å². The van der Waals surface area contributed by atoms with Gasteiger partial charge in [-0.3, -0.25) is 14.2 Å². The summed E-state index contributed by atoms with van der Waals surface area (Å²) in [7, 11) is 0. The van der Waals surface area contributed by atoms with Crippen LogP contribution in [0.15, 0.2) is 46.5 Å². The molecule has 1 aromatic heterocycles. The van der Waals surface area contributed by atoms with Crippen molar-refractivity contribution in [1.29, 1.82) is 0 Å². The van der Waals surface area contributed by atoms with Gasteiger partial charge in [0.2, 0.25) is 5.91 Å². The molecule has 1 aliphatic heterocycles. The van der Waals surface area contributed by atoms with Gasteiger partial charge in [0.25, 0.3) is 5.56 Å². The van der Waals surface area contributed by atoms with Crippen LogP contribution in [-0.4, -0.2) is 27.8 Å². The van der Waals surface area contributed by atoms with E-state index in [4.69, 9.17) is 0 Å². The largest absolute Gasteiger partial charge is 0.312 e. The van der Waals surface area contributed by atoms with Crippen molar-refractivity contribution in [1.82, 2.24) is 9.55 Å². The van der Waals surface area contributed by atoms with Gasteiger partial charge >= 0.3 is 0 Å². The maximum Gasteiger partial charge on any atom is 0.254 e. The Kier molecular flexibility index (Phi) is 4.52. The van der Waals surface area contributed by atoms with Crippen LogP contribution in [0, 0.1) is 12.8 Å². The van der Waals surface area contributed by atoms with Gasteiger partial charge in [-0.15, -0.1) is 0 Å². The van der Waals surface area contributed by atoms with E-state index < -0.39 is 0 Å². The predicted molar refractivity (Wildman–Crippen MR) is 91.9 cm³/mol. The number of aryl methyl sites for hydroxylation is 1. The lowest BCUT2D eigenvalue weighted by atomic mass is 10.1. The van der Waals surface area contributed by atoms with Crippen LogP contribution in [0.1, 0.15) is 12.5 Å². The van der Waals surface area contributed by atoms with Crippen molar-refractivity contribution in [3.8, 4) is 0 Å². The molecule has 1 amide bonds. The summed E-state index contributed by atoms with van der Waals surface area (Å²) in [5, 5.41) is 0.695. The highest BCUT2D eigenvalue weighted by Crippen LogP contribution is 2.28. The third kappa shape index (κ3) is 3.03. The lowest BCUT2D eigenvalue weighted by molar-refractivity contribution is -0.122. The Morgan fingerprint density at radius 3 is 2.91 bits per heavy atom. The Morgan fingerprint density at radius 1 is 1.39 bits per heavy atom. The molecular formula is C17H19N3O2S. The number of anilines is 1. The highest BCUT2D eigenvalue weighted by atomic mass is 32.2. The maximum atomic E-state index is 13.0. The van der Waals surface area contributed by atoms with Crippen LogP contribution in [0.3, 0.4) is 0 Å². The van der Waals surface area contributed by atoms with Gasteiger partial charge in [-0.2, -0.15) is 0 Å². The molecule has 1 atom stereocenters. The first-order valence-corrected chi connectivity index (χ1v) is 8.66. The molecule has 2 aromatic rings. The van der Waals surface area contributed by atoms with Crippen LogP contribution in [0.2, 0.25) is 0 Å². The molecule has 3 rings (SSSR count). The highest BCUT2D eigenvalue weighted by Gasteiger charge is 2.30. The van der Waals surface area contributed by atoms with Crippen molar-refractivity contribution in [2.75, 3.05) is 17.2 Å². The number of amides is 1. The summed E-state index contributed by atoms with van der Waals surface area (Å²) in [4.78, 5) is 31.0. The van der Waals surface area contributed by atoms with Crippen molar-refractivity contribution in [2.24, 2.45) is 5.92 Å². The van der Waals surface area contributed by atoms with E-state index in [0.29, 0.717) is 24.0 Å². The van der Waals surface area contributed by atoms with Crippen LogP contribution < -0.4 is 10.5 Å². The molecule has 1 aliphatic rings. The number of hydrogen-bond acceptors (Lipinski definition) is 4. The summed E-state index contributed by atoms with van der Waals surface area (Å²) in [6.45, 7) is 4.99. The third-order valence-corrected chi connectivity index (χ3v) is 5.21. The van der Waals surface area contributed by atoms with E-state index in [2.05, 4.69) is 4.98 Å². The van der Waals surface area contributed by atoms with Gasteiger partial charge < -0.3 is 4.90 Å². The number of nitrogens with zero attached hydrogens (tertiary/aromatic N) is 3. The van der Waals surface area contributed by atoms with Gasteiger partial charge in [0.1, 0.15) is 0 Å². The number of aromatic nitrogens is 2. The summed E-state index contributed by atoms with van der Waals surface area (Å²) in [5.41, 5.74) is 1.92. The van der Waals surface area contributed by atoms with Gasteiger partial charge in [0, 0.05) is 36.8 Å². The normalized spacial score (nSPS) is 16.7. The number of carbonyl (C=O) groups excluding carboxylic acids is 1. The average Bonchev–Trinajstić information content (AvgIpc) is 2.57. The minimum absolute atomic E-state index is 0.0655. The van der Waals surface area contributed by atoms with E-state index in [1.165, 1.54) is 24.0 Å². The standard InChI is InChI=1S/C17H19N3O2S/c1-3-19(14-7-5-4-6-12(14)2)16(22)13-10-20-15(21)8-9-18-17(20)23-11-13/h4-9,13H,3,10-11H2,1-2H3. The smallest absolute Gasteiger partial charge is 0.254 e. The molecule has 1 aromatic carbocycles. The van der Waals surface area contributed by atoms with Crippen LogP contribution in [0.25, 0.3) is 0 Å². The molecule has 23 heavy (non-hydrogen) atoms. The first-order valence-electron chi connectivity index (χ1n) is 7.67. The van der Waals surface area contributed by atoms with Crippen molar-refractivity contribution >= 4 is 23.4 Å². The minimum atomic E-state index is -0.214. The Hall–Kier alpha value is -2.08. The average molecular weight is 329 g/mol. The summed E-state index contributed by atoms with van der Waals surface area (Å²) in [6.07, 6.45) is 1.52. The van der Waals surface area contributed by atoms with Crippen molar-refractivity contribution < 1.29 is 4.79 Å². The number of para-hydroxylation sites is 1. The summed E-state index contributed by atoms with van der Waals surface area (Å²) in [5.74, 6) is 0.502. The number of fused-ring (bicyclic) bond motifs is 1. The molecule has 120 valence electrons. The first-order chi connectivity index (χ1) is 11.1. The first kappa shape index (κ1) is 15.8. The van der Waals surface area contributed by atoms with E-state index in [1.807, 2.05) is 43.0 Å². The molecule has 0 saturated heterocycles. The Bertz CT molecular complexity index is 787. The Balaban J connectivity index is 1.87. The summed E-state index contributed by atoms with van der Waals surface area (Å²) < 4.78 is 1.60. The van der Waals surface area contributed by atoms with Crippen LogP contribution in [0.5, 0.6) is 0 Å². The van der Waals surface area contributed by atoms with E-state index in [-0.39, 0.29) is 17.4 Å². The molecule has 0 bridgehead atoms. The second kappa shape index (κ2) is 6.58. The highest BCUT2D eigenvalue weighted by molar-refractivity contribution is 7.99. The van der Waals surface area contributed by atoms with Gasteiger partial charge in [-0.1, -0.05) is 30.0 Å². The molecule has 0 spiro atoms. The lowest BCUT2D eigenvalue weighted by Gasteiger charge is -2.30. The molecule has 0 N–H and O–H groups in total. The summed E-state index contributed by atoms with van der Waals surface area (Å²) in [6, 6.07) is 9.32. The Labute approximate surface area is 139 Å². The second-order valence-electron chi connectivity index (χ2n) is 5.55. The number of rotatable bonds is 3. The molecule has 5 nitrogen and oxygen atoms in total. The number of hydrogen-bond donors (Lipinski definition) is 0. The van der Waals surface area contributed by atoms with Crippen molar-refractivity contribution in [2.45, 2.75) is 25.5 Å². The van der Waals surface area contributed by atoms with E-state index >= 15 is 0 Å². The van der Waals surface area contributed by atoms with E-state index in [1.54, 1.807) is 4.57 Å². The third-order valence-electron chi connectivity index (χ3n) is 4.05. The van der Waals surface area contributed by atoms with E-state index in [0.717, 1.165) is 11.3 Å². The van der Waals surface area contributed by atoms with E-state index in [9.17, 15) is 9.59 Å². The zero-order valence-electron chi connectivity index (χ0n) is 13.2. The molecular weight excluding hydrogens is 310 g/mol. The van der Waals surface area contributed by atoms with Crippen LogP contribution in [-0.2, 0) is 11.3 Å². The second-order valence-corrected chi connectivity index (χ2v) is 6.54. The van der Waals surface area contributed by atoms with Crippen molar-refractivity contribution in [3.05, 3.63) is 52.4 Å². The molecule has 0 radical (unpaired) electrons. The lowest BCUT2D eigenvalue weighted by Crippen LogP contribution is -2.42. The molecule has 0 saturated carbocycles. The van der Waals surface area contributed by atoms with Gasteiger partial charge in [-0.05, 0) is 25.5 Å². The zero-order valence-corrected chi connectivity index (χ0v) is 14.0. The molecule has 0 aliphatic carbocycles.